The largest absolute Gasteiger partial charge is 0.494 e. The van der Waals surface area contributed by atoms with Crippen LogP contribution in [0.4, 0.5) is 8.78 Å². The van der Waals surface area contributed by atoms with Crippen molar-refractivity contribution >= 4 is 5.78 Å². The van der Waals surface area contributed by atoms with Crippen molar-refractivity contribution in [3.63, 3.8) is 0 Å². The first-order valence-electron chi connectivity index (χ1n) is 5.59. The number of hydrogen-bond donors (Lipinski definition) is 0. The molecule has 0 aliphatic carbocycles. The molecule has 2 nitrogen and oxygen atoms in total. The molecule has 0 heterocycles. The average Bonchev–Trinajstić information content (AvgIpc) is 2.28. The summed E-state index contributed by atoms with van der Waals surface area (Å²) in [5.74, 6) is 0.107. The van der Waals surface area contributed by atoms with Gasteiger partial charge in [-0.1, -0.05) is 6.92 Å². The van der Waals surface area contributed by atoms with E-state index in [1.54, 1.807) is 13.8 Å². The number of benzene rings is 1. The monoisotopic (exact) mass is 242 g/mol. The highest BCUT2D eigenvalue weighted by Crippen LogP contribution is 2.31. The Balaban J connectivity index is 3.40. The van der Waals surface area contributed by atoms with Crippen molar-refractivity contribution < 1.29 is 18.3 Å². The smallest absolute Gasteiger partial charge is 0.264 e. The van der Waals surface area contributed by atoms with Crippen molar-refractivity contribution in [2.45, 2.75) is 33.6 Å². The molecule has 0 aliphatic heterocycles. The minimum atomic E-state index is -2.59. The Morgan fingerprint density at radius 1 is 1.35 bits per heavy atom. The normalized spacial score (nSPS) is 10.7. The molecular formula is C13H16F2O2. The van der Waals surface area contributed by atoms with Crippen LogP contribution in [0.3, 0.4) is 0 Å². The molecule has 0 saturated carbocycles. The molecule has 17 heavy (non-hydrogen) atoms. The lowest BCUT2D eigenvalue weighted by molar-refractivity contribution is 0.101. The molecule has 1 rings (SSSR count). The van der Waals surface area contributed by atoms with Crippen LogP contribution >= 0.6 is 0 Å². The van der Waals surface area contributed by atoms with E-state index < -0.39 is 6.43 Å². The lowest BCUT2D eigenvalue weighted by Gasteiger charge is -2.14. The fourth-order valence-corrected chi connectivity index (χ4v) is 1.82. The highest BCUT2D eigenvalue weighted by atomic mass is 19.3. The highest BCUT2D eigenvalue weighted by molar-refractivity contribution is 5.96. The molecule has 94 valence electrons. The third-order valence-electron chi connectivity index (χ3n) is 2.54. The Bertz CT molecular complexity index is 414. The summed E-state index contributed by atoms with van der Waals surface area (Å²) in [6.45, 7) is 5.28. The van der Waals surface area contributed by atoms with Gasteiger partial charge in [0.2, 0.25) is 0 Å². The van der Waals surface area contributed by atoms with E-state index in [-0.39, 0.29) is 11.3 Å². The summed E-state index contributed by atoms with van der Waals surface area (Å²) < 4.78 is 31.0. The van der Waals surface area contributed by atoms with Gasteiger partial charge in [-0.25, -0.2) is 8.78 Å². The van der Waals surface area contributed by atoms with Crippen LogP contribution in [0, 0.1) is 0 Å². The number of Topliss-reactive ketones (excluding diaryl/α,β-unsaturated/α-hetero) is 1. The van der Waals surface area contributed by atoms with Gasteiger partial charge in [0, 0.05) is 11.1 Å². The molecule has 0 spiro atoms. The Morgan fingerprint density at radius 3 is 2.41 bits per heavy atom. The first kappa shape index (κ1) is 13.6. The highest BCUT2D eigenvalue weighted by Gasteiger charge is 2.19. The molecule has 0 saturated heterocycles. The van der Waals surface area contributed by atoms with Crippen LogP contribution in [0.5, 0.6) is 5.75 Å². The second kappa shape index (κ2) is 5.75. The molecular weight excluding hydrogens is 226 g/mol. The van der Waals surface area contributed by atoms with Gasteiger partial charge in [0.25, 0.3) is 6.43 Å². The van der Waals surface area contributed by atoms with Crippen molar-refractivity contribution in [2.24, 2.45) is 0 Å². The van der Waals surface area contributed by atoms with E-state index in [0.29, 0.717) is 29.9 Å². The van der Waals surface area contributed by atoms with Crippen molar-refractivity contribution in [1.82, 2.24) is 0 Å². The van der Waals surface area contributed by atoms with E-state index in [4.69, 9.17) is 4.74 Å². The zero-order valence-corrected chi connectivity index (χ0v) is 10.2. The van der Waals surface area contributed by atoms with Crippen LogP contribution in [-0.2, 0) is 6.42 Å². The van der Waals surface area contributed by atoms with Crippen molar-refractivity contribution in [1.29, 1.82) is 0 Å². The van der Waals surface area contributed by atoms with Crippen LogP contribution in [0.15, 0.2) is 12.1 Å². The van der Waals surface area contributed by atoms with Crippen molar-refractivity contribution in [3.05, 3.63) is 28.8 Å². The van der Waals surface area contributed by atoms with E-state index in [9.17, 15) is 13.6 Å². The molecule has 0 unspecified atom stereocenters. The summed E-state index contributed by atoms with van der Waals surface area (Å²) in [6, 6.07) is 2.86. The van der Waals surface area contributed by atoms with Gasteiger partial charge < -0.3 is 4.74 Å². The quantitative estimate of drug-likeness (QED) is 0.734. The Morgan fingerprint density at radius 2 is 2.00 bits per heavy atom. The van der Waals surface area contributed by atoms with Gasteiger partial charge in [-0.05, 0) is 38.0 Å². The summed E-state index contributed by atoms with van der Waals surface area (Å²) in [5, 5.41) is 0. The minimum absolute atomic E-state index is 0.108. The maximum absolute atomic E-state index is 12.9. The number of hydrogen-bond acceptors (Lipinski definition) is 2. The van der Waals surface area contributed by atoms with Crippen LogP contribution in [0.1, 0.15) is 48.7 Å². The second-order valence-electron chi connectivity index (χ2n) is 3.68. The van der Waals surface area contributed by atoms with Gasteiger partial charge in [0.1, 0.15) is 5.75 Å². The Kier molecular flexibility index (Phi) is 4.61. The molecule has 0 aromatic heterocycles. The molecule has 0 aliphatic rings. The number of carbonyl (C=O) groups excluding carboxylic acids is 1. The molecule has 0 amide bonds. The molecule has 4 heteroatoms. The van der Waals surface area contributed by atoms with Crippen LogP contribution in [0.25, 0.3) is 0 Å². The fourth-order valence-electron chi connectivity index (χ4n) is 1.82. The van der Waals surface area contributed by atoms with Crippen LogP contribution in [-0.4, -0.2) is 12.4 Å². The van der Waals surface area contributed by atoms with E-state index in [1.807, 2.05) is 0 Å². The van der Waals surface area contributed by atoms with Crippen molar-refractivity contribution in [3.8, 4) is 5.75 Å². The van der Waals surface area contributed by atoms with E-state index in [1.165, 1.54) is 19.1 Å². The molecule has 0 fully saturated rings. The number of rotatable bonds is 5. The van der Waals surface area contributed by atoms with Gasteiger partial charge in [0.05, 0.1) is 6.61 Å². The number of ketones is 1. The zero-order chi connectivity index (χ0) is 13.0. The van der Waals surface area contributed by atoms with Crippen LogP contribution in [0.2, 0.25) is 0 Å². The number of ether oxygens (including phenoxy) is 1. The predicted molar refractivity (Wildman–Crippen MR) is 62.0 cm³/mol. The van der Waals surface area contributed by atoms with Gasteiger partial charge in [-0.2, -0.15) is 0 Å². The molecule has 0 radical (unpaired) electrons. The second-order valence-corrected chi connectivity index (χ2v) is 3.68. The average molecular weight is 242 g/mol. The summed E-state index contributed by atoms with van der Waals surface area (Å²) >= 11 is 0. The first-order valence-corrected chi connectivity index (χ1v) is 5.59. The summed E-state index contributed by atoms with van der Waals surface area (Å²) in [5.41, 5.74) is 0.633. The molecule has 1 aromatic rings. The number of carbonyl (C=O) groups is 1. The van der Waals surface area contributed by atoms with Gasteiger partial charge >= 0.3 is 0 Å². The third-order valence-corrected chi connectivity index (χ3v) is 2.54. The van der Waals surface area contributed by atoms with Gasteiger partial charge in [-0.3, -0.25) is 4.79 Å². The topological polar surface area (TPSA) is 26.3 Å². The standard InChI is InChI=1S/C13H16F2O2/c1-4-10-11(8(3)16)6-9(17-5-2)7-12(10)13(14)15/h6-7,13H,4-5H2,1-3H3. The van der Waals surface area contributed by atoms with E-state index >= 15 is 0 Å². The summed E-state index contributed by atoms with van der Waals surface area (Å²) in [7, 11) is 0. The fraction of sp³-hybridized carbons (Fsp3) is 0.462. The SMILES string of the molecule is CCOc1cc(C(C)=O)c(CC)c(C(F)F)c1. The van der Waals surface area contributed by atoms with E-state index in [2.05, 4.69) is 0 Å². The Hall–Kier alpha value is -1.45. The Labute approximate surface area is 99.6 Å². The lowest BCUT2D eigenvalue weighted by atomic mass is 9.96. The summed E-state index contributed by atoms with van der Waals surface area (Å²) in [6.07, 6.45) is -2.19. The molecule has 1 aromatic carbocycles. The maximum Gasteiger partial charge on any atom is 0.264 e. The number of halogens is 2. The third kappa shape index (κ3) is 3.02. The van der Waals surface area contributed by atoms with Crippen molar-refractivity contribution in [2.75, 3.05) is 6.61 Å². The minimum Gasteiger partial charge on any atom is -0.494 e. The number of alkyl halides is 2. The van der Waals surface area contributed by atoms with Gasteiger partial charge in [-0.15, -0.1) is 0 Å². The van der Waals surface area contributed by atoms with E-state index in [0.717, 1.165) is 0 Å². The maximum atomic E-state index is 12.9. The molecule has 0 atom stereocenters. The summed E-state index contributed by atoms with van der Waals surface area (Å²) in [4.78, 5) is 11.5. The van der Waals surface area contributed by atoms with Crippen LogP contribution < -0.4 is 4.74 Å². The lowest BCUT2D eigenvalue weighted by Crippen LogP contribution is -2.05. The molecule has 0 N–H and O–H groups in total. The van der Waals surface area contributed by atoms with Gasteiger partial charge in [0.15, 0.2) is 5.78 Å². The predicted octanol–water partition coefficient (Wildman–Crippen LogP) is 3.79. The first-order chi connectivity index (χ1) is 8.01. The molecule has 0 bridgehead atoms. The zero-order valence-electron chi connectivity index (χ0n) is 10.2.